The highest BCUT2D eigenvalue weighted by molar-refractivity contribution is 6.03. The first-order valence-corrected chi connectivity index (χ1v) is 16.3. The molecule has 2 amide bonds. The summed E-state index contributed by atoms with van der Waals surface area (Å²) in [5.41, 5.74) is 1.65. The van der Waals surface area contributed by atoms with Crippen LogP contribution < -0.4 is 9.47 Å². The molecule has 2 aliphatic carbocycles. The molecule has 1 heterocycles. The molecule has 8 nitrogen and oxygen atoms in total. The smallest absolute Gasteiger partial charge is 0.338 e. The van der Waals surface area contributed by atoms with E-state index in [1.807, 2.05) is 0 Å². The number of imide groups is 1. The first-order valence-electron chi connectivity index (χ1n) is 16.3. The topological polar surface area (TPSA) is 99.2 Å². The molecule has 2 aromatic rings. The lowest BCUT2D eigenvalue weighted by atomic mass is 9.74. The second-order valence-corrected chi connectivity index (χ2v) is 12.6. The van der Waals surface area contributed by atoms with E-state index in [-0.39, 0.29) is 48.0 Å². The minimum Gasteiger partial charge on any atom is -0.497 e. The van der Waals surface area contributed by atoms with Gasteiger partial charge in [0.25, 0.3) is 0 Å². The second kappa shape index (κ2) is 14.9. The standard InChI is InChI=1S/C36H45NO7/c1-42-28-19-27(20-29(22-28)43-2)36(41)44-23-24-15-17-25(18-16-24)33(38)21-26-11-7-3-4-8-12-30(26)34(39)37-32-14-10-6-5-9-13-31(32)35(37)40/h15-20,22,26,30-32H,3-14,21,23H2,1-2H3/t26-,30-,31-,32+/m1/s1. The van der Waals surface area contributed by atoms with Gasteiger partial charge in [-0.3, -0.25) is 19.3 Å². The highest BCUT2D eigenvalue weighted by Gasteiger charge is 2.51. The number of amides is 2. The molecule has 44 heavy (non-hydrogen) atoms. The Bertz CT molecular complexity index is 1310. The molecule has 8 heteroatoms. The Balaban J connectivity index is 1.21. The Morgan fingerprint density at radius 3 is 2.02 bits per heavy atom. The second-order valence-electron chi connectivity index (χ2n) is 12.6. The van der Waals surface area contributed by atoms with Crippen LogP contribution in [0.2, 0.25) is 0 Å². The number of methoxy groups -OCH3 is 2. The van der Waals surface area contributed by atoms with Gasteiger partial charge in [0.1, 0.15) is 18.1 Å². The van der Waals surface area contributed by atoms with E-state index in [0.29, 0.717) is 29.0 Å². The van der Waals surface area contributed by atoms with Crippen molar-refractivity contribution in [2.75, 3.05) is 14.2 Å². The van der Waals surface area contributed by atoms with Gasteiger partial charge in [0, 0.05) is 24.0 Å². The molecular formula is C36H45NO7. The van der Waals surface area contributed by atoms with Crippen molar-refractivity contribution in [3.8, 4) is 11.5 Å². The number of esters is 1. The predicted molar refractivity (Wildman–Crippen MR) is 166 cm³/mol. The van der Waals surface area contributed by atoms with E-state index in [0.717, 1.165) is 69.8 Å². The molecule has 5 rings (SSSR count). The zero-order valence-electron chi connectivity index (χ0n) is 26.1. The highest BCUT2D eigenvalue weighted by atomic mass is 16.5. The number of β-lactam (4-membered cyclic amide) rings is 1. The average Bonchev–Trinajstić information content (AvgIpc) is 3.02. The maximum atomic E-state index is 13.9. The van der Waals surface area contributed by atoms with Crippen LogP contribution in [0, 0.1) is 17.8 Å². The summed E-state index contributed by atoms with van der Waals surface area (Å²) in [6.45, 7) is 0.0536. The van der Waals surface area contributed by atoms with E-state index in [9.17, 15) is 19.2 Å². The largest absolute Gasteiger partial charge is 0.497 e. The number of carbonyl (C=O) groups excluding carboxylic acids is 4. The van der Waals surface area contributed by atoms with E-state index in [2.05, 4.69) is 0 Å². The minimum absolute atomic E-state index is 0.000777. The van der Waals surface area contributed by atoms with Crippen LogP contribution >= 0.6 is 0 Å². The van der Waals surface area contributed by atoms with Crippen molar-refractivity contribution >= 4 is 23.6 Å². The van der Waals surface area contributed by atoms with Gasteiger partial charge in [0.2, 0.25) is 11.8 Å². The molecule has 3 aliphatic rings. The number of Topliss-reactive ketones (excluding diaryl/α,β-unsaturated/α-hetero) is 1. The third-order valence-electron chi connectivity index (χ3n) is 9.76. The first-order chi connectivity index (χ1) is 21.4. The fourth-order valence-electron chi connectivity index (χ4n) is 7.20. The molecule has 1 aliphatic heterocycles. The Labute approximate surface area is 260 Å². The van der Waals surface area contributed by atoms with Crippen LogP contribution in [0.3, 0.4) is 0 Å². The zero-order chi connectivity index (χ0) is 31.1. The average molecular weight is 604 g/mol. The van der Waals surface area contributed by atoms with Crippen molar-refractivity contribution < 1.29 is 33.4 Å². The quantitative estimate of drug-likeness (QED) is 0.133. The lowest BCUT2D eigenvalue weighted by Crippen LogP contribution is -2.64. The molecule has 0 radical (unpaired) electrons. The van der Waals surface area contributed by atoms with Crippen LogP contribution in [0.5, 0.6) is 11.5 Å². The van der Waals surface area contributed by atoms with Crippen molar-refractivity contribution in [3.63, 3.8) is 0 Å². The van der Waals surface area contributed by atoms with Gasteiger partial charge in [0.05, 0.1) is 31.7 Å². The lowest BCUT2D eigenvalue weighted by molar-refractivity contribution is -0.171. The van der Waals surface area contributed by atoms with E-state index < -0.39 is 5.97 Å². The number of ketones is 1. The summed E-state index contributed by atoms with van der Waals surface area (Å²) in [5.74, 6) is 0.0932. The third-order valence-corrected chi connectivity index (χ3v) is 9.76. The van der Waals surface area contributed by atoms with Crippen LogP contribution in [-0.2, 0) is 20.9 Å². The molecule has 1 saturated heterocycles. The van der Waals surface area contributed by atoms with Gasteiger partial charge in [-0.05, 0) is 49.3 Å². The summed E-state index contributed by atoms with van der Waals surface area (Å²) in [4.78, 5) is 54.8. The van der Waals surface area contributed by atoms with Gasteiger partial charge in [-0.25, -0.2) is 4.79 Å². The fourth-order valence-corrected chi connectivity index (χ4v) is 7.20. The van der Waals surface area contributed by atoms with Gasteiger partial charge in [0.15, 0.2) is 5.78 Å². The Morgan fingerprint density at radius 2 is 1.36 bits per heavy atom. The van der Waals surface area contributed by atoms with Crippen molar-refractivity contribution in [2.45, 2.75) is 96.1 Å². The van der Waals surface area contributed by atoms with E-state index >= 15 is 0 Å². The van der Waals surface area contributed by atoms with Gasteiger partial charge in [-0.15, -0.1) is 0 Å². The van der Waals surface area contributed by atoms with Gasteiger partial charge < -0.3 is 14.2 Å². The molecule has 236 valence electrons. The number of likely N-dealkylation sites (tertiary alicyclic amines) is 1. The number of rotatable bonds is 9. The molecule has 0 bridgehead atoms. The molecule has 2 aromatic carbocycles. The number of carbonyl (C=O) groups is 4. The van der Waals surface area contributed by atoms with Crippen molar-refractivity contribution in [3.05, 3.63) is 59.2 Å². The summed E-state index contributed by atoms with van der Waals surface area (Å²) in [6.07, 6.45) is 12.3. The summed E-state index contributed by atoms with van der Waals surface area (Å²) in [7, 11) is 3.03. The normalized spacial score (nSPS) is 24.0. The van der Waals surface area contributed by atoms with Crippen LogP contribution in [-0.4, -0.2) is 48.7 Å². The van der Waals surface area contributed by atoms with E-state index in [1.165, 1.54) is 27.1 Å². The zero-order valence-corrected chi connectivity index (χ0v) is 26.1. The number of fused-ring (bicyclic) bond motifs is 1. The number of ether oxygens (including phenoxy) is 3. The minimum atomic E-state index is -0.506. The number of hydrogen-bond donors (Lipinski definition) is 0. The van der Waals surface area contributed by atoms with Gasteiger partial charge in [-0.2, -0.15) is 0 Å². The number of nitrogens with zero attached hydrogens (tertiary/aromatic N) is 1. The van der Waals surface area contributed by atoms with Crippen LogP contribution in [0.4, 0.5) is 0 Å². The van der Waals surface area contributed by atoms with E-state index in [1.54, 1.807) is 47.4 Å². The van der Waals surface area contributed by atoms with Crippen molar-refractivity contribution in [1.29, 1.82) is 0 Å². The Morgan fingerprint density at radius 1 is 0.750 bits per heavy atom. The first kappa shape index (κ1) is 31.7. The molecule has 2 saturated carbocycles. The Hall–Kier alpha value is -3.68. The Kier molecular flexibility index (Phi) is 10.7. The number of benzene rings is 2. The molecular weight excluding hydrogens is 558 g/mol. The predicted octanol–water partition coefficient (Wildman–Crippen LogP) is 6.93. The van der Waals surface area contributed by atoms with Crippen LogP contribution in [0.1, 0.15) is 110 Å². The molecule has 0 unspecified atom stereocenters. The summed E-state index contributed by atoms with van der Waals surface area (Å²) in [6, 6.07) is 12.0. The van der Waals surface area contributed by atoms with Crippen LogP contribution in [0.25, 0.3) is 0 Å². The highest BCUT2D eigenvalue weighted by Crippen LogP contribution is 2.41. The monoisotopic (exact) mass is 603 g/mol. The number of hydrogen-bond acceptors (Lipinski definition) is 7. The van der Waals surface area contributed by atoms with Crippen molar-refractivity contribution in [1.82, 2.24) is 4.90 Å². The maximum absolute atomic E-state index is 13.9. The van der Waals surface area contributed by atoms with Crippen LogP contribution in [0.15, 0.2) is 42.5 Å². The summed E-state index contributed by atoms with van der Waals surface area (Å²) >= 11 is 0. The van der Waals surface area contributed by atoms with Crippen molar-refractivity contribution in [2.24, 2.45) is 17.8 Å². The lowest BCUT2D eigenvalue weighted by Gasteiger charge is -2.49. The fraction of sp³-hybridized carbons (Fsp3) is 0.556. The maximum Gasteiger partial charge on any atom is 0.338 e. The molecule has 0 aromatic heterocycles. The van der Waals surface area contributed by atoms with Gasteiger partial charge in [-0.1, -0.05) is 75.6 Å². The SMILES string of the molecule is COc1cc(OC)cc(C(=O)OCc2ccc(C(=O)C[C@H]3CCCCCC[C@H]3C(=O)N3C(=O)[C@@H]4CCCCCC[C@@H]43)cc2)c1. The molecule has 3 fully saturated rings. The molecule has 0 spiro atoms. The molecule has 4 atom stereocenters. The summed E-state index contributed by atoms with van der Waals surface area (Å²) < 4.78 is 16.0. The van der Waals surface area contributed by atoms with E-state index in [4.69, 9.17) is 14.2 Å². The third kappa shape index (κ3) is 7.33. The molecule has 0 N–H and O–H groups in total. The van der Waals surface area contributed by atoms with Gasteiger partial charge >= 0.3 is 5.97 Å². The summed E-state index contributed by atoms with van der Waals surface area (Å²) in [5, 5.41) is 0.